The SMILES string of the molecule is CC(C)(O)CN/C=C\C(N)=NC(=O)C(CC1CCCCC1)N1CC(Oc2c(F)cccc2Cl)=CC1=O. The van der Waals surface area contributed by atoms with Crippen LogP contribution in [-0.4, -0.2) is 52.4 Å². The molecule has 0 spiro atoms. The lowest BCUT2D eigenvalue weighted by atomic mass is 9.84. The number of benzene rings is 1. The number of ether oxygens (including phenoxy) is 1. The van der Waals surface area contributed by atoms with E-state index in [9.17, 15) is 19.1 Å². The standard InChI is InChI=1S/C26H34ClFN4O4/c1-26(2,35)16-30-12-11-22(29)31-25(34)21(13-17-7-4-3-5-8-17)32-15-18(14-23(32)33)36-24-19(27)9-6-10-20(24)28/h6,9-12,14,17,21,30,35H,3-5,7-8,13,15-16H2,1-2H3,(H2,29,31,34)/b12-11-. The molecule has 0 saturated heterocycles. The number of nitrogens with one attached hydrogen (secondary N) is 1. The number of aliphatic imine (C=N–C) groups is 1. The van der Waals surface area contributed by atoms with Gasteiger partial charge in [-0.25, -0.2) is 4.39 Å². The second kappa shape index (κ2) is 12.4. The Balaban J connectivity index is 1.74. The highest BCUT2D eigenvalue weighted by atomic mass is 35.5. The first-order valence-corrected chi connectivity index (χ1v) is 12.5. The first-order valence-electron chi connectivity index (χ1n) is 12.2. The fraction of sp³-hybridized carbons (Fsp3) is 0.500. The summed E-state index contributed by atoms with van der Waals surface area (Å²) in [6.45, 7) is 3.59. The van der Waals surface area contributed by atoms with Crippen LogP contribution in [0.5, 0.6) is 5.75 Å². The summed E-state index contributed by atoms with van der Waals surface area (Å²) < 4.78 is 19.8. The molecule has 196 valence electrons. The number of nitrogens with two attached hydrogens (primary N) is 1. The van der Waals surface area contributed by atoms with Crippen LogP contribution in [-0.2, 0) is 9.59 Å². The number of hydrogen-bond donors (Lipinski definition) is 3. The average Bonchev–Trinajstić information content (AvgIpc) is 3.17. The van der Waals surface area contributed by atoms with Gasteiger partial charge in [-0.3, -0.25) is 9.59 Å². The van der Waals surface area contributed by atoms with E-state index in [0.29, 0.717) is 6.42 Å². The third-order valence-corrected chi connectivity index (χ3v) is 6.43. The highest BCUT2D eigenvalue weighted by Gasteiger charge is 2.36. The molecule has 0 aromatic heterocycles. The second-order valence-corrected chi connectivity index (χ2v) is 10.3. The predicted octanol–water partition coefficient (Wildman–Crippen LogP) is 3.68. The number of carbonyl (C=O) groups is 2. The van der Waals surface area contributed by atoms with Crippen LogP contribution >= 0.6 is 11.6 Å². The summed E-state index contributed by atoms with van der Waals surface area (Å²) in [5, 5.41) is 12.7. The number of amidine groups is 1. The summed E-state index contributed by atoms with van der Waals surface area (Å²) in [4.78, 5) is 31.5. The van der Waals surface area contributed by atoms with Crippen LogP contribution in [0.4, 0.5) is 4.39 Å². The molecule has 0 bridgehead atoms. The molecule has 2 aliphatic rings. The molecule has 3 rings (SSSR count). The predicted molar refractivity (Wildman–Crippen MR) is 137 cm³/mol. The minimum absolute atomic E-state index is 0.00890. The van der Waals surface area contributed by atoms with Gasteiger partial charge < -0.3 is 25.8 Å². The van der Waals surface area contributed by atoms with E-state index < -0.39 is 29.3 Å². The summed E-state index contributed by atoms with van der Waals surface area (Å²) >= 11 is 6.05. The van der Waals surface area contributed by atoms with Crippen molar-refractivity contribution in [3.05, 3.63) is 53.2 Å². The quantitative estimate of drug-likeness (QED) is 0.320. The number of amides is 2. The van der Waals surface area contributed by atoms with Crippen LogP contribution < -0.4 is 15.8 Å². The van der Waals surface area contributed by atoms with Crippen molar-refractivity contribution in [2.45, 2.75) is 64.0 Å². The first-order chi connectivity index (χ1) is 17.0. The smallest absolute Gasteiger partial charge is 0.270 e. The maximum Gasteiger partial charge on any atom is 0.270 e. The molecule has 1 aliphatic carbocycles. The minimum atomic E-state index is -0.910. The molecule has 1 aromatic carbocycles. The molecule has 1 fully saturated rings. The molecule has 4 N–H and O–H groups in total. The van der Waals surface area contributed by atoms with Gasteiger partial charge >= 0.3 is 0 Å². The Kier molecular flexibility index (Phi) is 9.50. The maximum absolute atomic E-state index is 14.2. The topological polar surface area (TPSA) is 117 Å². The summed E-state index contributed by atoms with van der Waals surface area (Å²) in [5.41, 5.74) is 5.02. The van der Waals surface area contributed by atoms with Gasteiger partial charge in [0, 0.05) is 18.8 Å². The molecule has 1 unspecified atom stereocenters. The average molecular weight is 521 g/mol. The van der Waals surface area contributed by atoms with Gasteiger partial charge in [0.1, 0.15) is 17.6 Å². The van der Waals surface area contributed by atoms with Gasteiger partial charge in [-0.1, -0.05) is 49.8 Å². The Labute approximate surface area is 216 Å². The van der Waals surface area contributed by atoms with E-state index in [1.165, 1.54) is 41.5 Å². The van der Waals surface area contributed by atoms with Crippen molar-refractivity contribution in [2.24, 2.45) is 16.6 Å². The highest BCUT2D eigenvalue weighted by Crippen LogP contribution is 2.33. The van der Waals surface area contributed by atoms with E-state index >= 15 is 0 Å². The van der Waals surface area contributed by atoms with Crippen molar-refractivity contribution < 1.29 is 23.8 Å². The van der Waals surface area contributed by atoms with E-state index in [1.807, 2.05) is 0 Å². The zero-order chi connectivity index (χ0) is 26.3. The largest absolute Gasteiger partial charge is 0.455 e. The molecule has 1 heterocycles. The summed E-state index contributed by atoms with van der Waals surface area (Å²) in [6, 6.07) is 3.34. The van der Waals surface area contributed by atoms with Crippen LogP contribution in [0, 0.1) is 11.7 Å². The van der Waals surface area contributed by atoms with Gasteiger partial charge in [-0.15, -0.1) is 0 Å². The number of para-hydroxylation sites is 1. The van der Waals surface area contributed by atoms with Gasteiger partial charge in [0.25, 0.3) is 11.8 Å². The molecule has 1 aromatic rings. The first kappa shape index (κ1) is 27.7. The van der Waals surface area contributed by atoms with Crippen molar-refractivity contribution in [3.63, 3.8) is 0 Å². The Bertz CT molecular complexity index is 1020. The number of hydrogen-bond acceptors (Lipinski definition) is 5. The molecule has 8 nitrogen and oxygen atoms in total. The van der Waals surface area contributed by atoms with E-state index in [4.69, 9.17) is 22.1 Å². The number of nitrogens with zero attached hydrogens (tertiary/aromatic N) is 2. The number of aliphatic hydroxyl groups is 1. The molecule has 36 heavy (non-hydrogen) atoms. The Hall–Kier alpha value is -2.91. The summed E-state index contributed by atoms with van der Waals surface area (Å²) in [6.07, 6.45) is 9.93. The van der Waals surface area contributed by atoms with E-state index in [2.05, 4.69) is 10.3 Å². The fourth-order valence-electron chi connectivity index (χ4n) is 4.34. The van der Waals surface area contributed by atoms with Crippen LogP contribution in [0.1, 0.15) is 52.4 Å². The van der Waals surface area contributed by atoms with Crippen molar-refractivity contribution in [1.82, 2.24) is 10.2 Å². The number of carbonyl (C=O) groups excluding carboxylic acids is 2. The van der Waals surface area contributed by atoms with E-state index in [-0.39, 0.29) is 41.4 Å². The third kappa shape index (κ3) is 8.06. The molecular formula is C26H34ClFN4O4. The van der Waals surface area contributed by atoms with Gasteiger partial charge in [-0.2, -0.15) is 4.99 Å². The molecule has 0 radical (unpaired) electrons. The minimum Gasteiger partial charge on any atom is -0.455 e. The number of rotatable bonds is 10. The second-order valence-electron chi connectivity index (χ2n) is 9.89. The van der Waals surface area contributed by atoms with Crippen molar-refractivity contribution in [2.75, 3.05) is 13.1 Å². The van der Waals surface area contributed by atoms with Gasteiger partial charge in [0.15, 0.2) is 11.6 Å². The molecular weight excluding hydrogens is 487 g/mol. The lowest BCUT2D eigenvalue weighted by molar-refractivity contribution is -0.134. The third-order valence-electron chi connectivity index (χ3n) is 6.13. The van der Waals surface area contributed by atoms with Gasteiger partial charge in [0.05, 0.1) is 17.2 Å². The Morgan fingerprint density at radius 3 is 2.78 bits per heavy atom. The van der Waals surface area contributed by atoms with Crippen LogP contribution in [0.2, 0.25) is 5.02 Å². The fourth-order valence-corrected chi connectivity index (χ4v) is 4.54. The van der Waals surface area contributed by atoms with Gasteiger partial charge in [-0.05, 0) is 44.4 Å². The monoisotopic (exact) mass is 520 g/mol. The Morgan fingerprint density at radius 1 is 1.39 bits per heavy atom. The van der Waals surface area contributed by atoms with Gasteiger partial charge in [0.2, 0.25) is 0 Å². The van der Waals surface area contributed by atoms with Crippen LogP contribution in [0.15, 0.2) is 47.3 Å². The lowest BCUT2D eigenvalue weighted by Crippen LogP contribution is -2.44. The maximum atomic E-state index is 14.2. The normalized spacial score (nSPS) is 18.5. The Morgan fingerprint density at radius 2 is 2.11 bits per heavy atom. The molecule has 1 atom stereocenters. The molecule has 1 saturated carbocycles. The van der Waals surface area contributed by atoms with Crippen LogP contribution in [0.25, 0.3) is 0 Å². The van der Waals surface area contributed by atoms with Crippen molar-refractivity contribution >= 4 is 29.3 Å². The highest BCUT2D eigenvalue weighted by molar-refractivity contribution is 6.32. The summed E-state index contributed by atoms with van der Waals surface area (Å²) in [7, 11) is 0. The zero-order valence-electron chi connectivity index (χ0n) is 20.7. The molecule has 10 heteroatoms. The van der Waals surface area contributed by atoms with Crippen LogP contribution in [0.3, 0.4) is 0 Å². The molecule has 2 amide bonds. The lowest BCUT2D eigenvalue weighted by Gasteiger charge is -2.30. The number of halogens is 2. The van der Waals surface area contributed by atoms with Crippen molar-refractivity contribution in [1.29, 1.82) is 0 Å². The molecule has 1 aliphatic heterocycles. The van der Waals surface area contributed by atoms with E-state index in [0.717, 1.165) is 32.1 Å². The zero-order valence-corrected chi connectivity index (χ0v) is 21.4. The van der Waals surface area contributed by atoms with Crippen molar-refractivity contribution in [3.8, 4) is 5.75 Å². The summed E-state index contributed by atoms with van der Waals surface area (Å²) in [5.74, 6) is -1.30. The van der Waals surface area contributed by atoms with E-state index in [1.54, 1.807) is 13.8 Å².